The molecule has 10 heteroatoms. The lowest BCUT2D eigenvalue weighted by atomic mass is 9.33. The zero-order valence-corrected chi connectivity index (χ0v) is 16.2. The maximum atomic E-state index is 14.9. The van der Waals surface area contributed by atoms with Crippen LogP contribution in [0.15, 0.2) is 42.5 Å². The summed E-state index contributed by atoms with van der Waals surface area (Å²) in [5, 5.41) is 0.303. The maximum Gasteiger partial charge on any atom is 0.339 e. The van der Waals surface area contributed by atoms with E-state index in [-0.39, 0.29) is 11.1 Å². The summed E-state index contributed by atoms with van der Waals surface area (Å²) in [6.07, 6.45) is -1.28. The predicted octanol–water partition coefficient (Wildman–Crippen LogP) is 3.71. The lowest BCUT2D eigenvalue weighted by molar-refractivity contribution is -0.298. The number of benzene rings is 2. The standard InChI is InChI=1S/C22H13F4NO5/c23-11-5-6-14(15(24)7-11)16(28)22(25,26)21-8-20(9-21,10-21)19(31)32-27-17(29)12-3-1-2-4-13(12)18(27)30/h1-7H,8-10H2. The van der Waals surface area contributed by atoms with Gasteiger partial charge < -0.3 is 4.84 Å². The van der Waals surface area contributed by atoms with Crippen molar-refractivity contribution >= 4 is 23.6 Å². The van der Waals surface area contributed by atoms with Crippen LogP contribution >= 0.6 is 0 Å². The van der Waals surface area contributed by atoms with Gasteiger partial charge in [0.25, 0.3) is 11.8 Å². The van der Waals surface area contributed by atoms with Gasteiger partial charge in [0, 0.05) is 11.5 Å². The smallest absolute Gasteiger partial charge is 0.329 e. The molecule has 0 atom stereocenters. The Hall–Kier alpha value is -3.56. The first kappa shape index (κ1) is 20.3. The Morgan fingerprint density at radius 3 is 2.03 bits per heavy atom. The molecule has 2 aromatic rings. The molecule has 2 bridgehead atoms. The van der Waals surface area contributed by atoms with E-state index in [0.717, 1.165) is 0 Å². The molecule has 1 aliphatic heterocycles. The third kappa shape index (κ3) is 2.46. The fourth-order valence-electron chi connectivity index (χ4n) is 4.85. The summed E-state index contributed by atoms with van der Waals surface area (Å²) >= 11 is 0. The molecule has 4 aliphatic rings. The van der Waals surface area contributed by atoms with Crippen molar-refractivity contribution in [3.63, 3.8) is 0 Å². The molecule has 6 nitrogen and oxygen atoms in total. The average molecular weight is 447 g/mol. The van der Waals surface area contributed by atoms with Crippen LogP contribution in [0.5, 0.6) is 0 Å². The molecule has 0 spiro atoms. The number of carbonyl (C=O) groups excluding carboxylic acids is 4. The predicted molar refractivity (Wildman–Crippen MR) is 97.4 cm³/mol. The van der Waals surface area contributed by atoms with Crippen LogP contribution in [-0.4, -0.2) is 34.6 Å². The van der Waals surface area contributed by atoms with Crippen LogP contribution in [0, 0.1) is 22.5 Å². The lowest BCUT2D eigenvalue weighted by Crippen LogP contribution is -2.74. The van der Waals surface area contributed by atoms with Crippen molar-refractivity contribution in [2.24, 2.45) is 10.8 Å². The largest absolute Gasteiger partial charge is 0.339 e. The van der Waals surface area contributed by atoms with Gasteiger partial charge in [0.2, 0.25) is 5.78 Å². The van der Waals surface area contributed by atoms with E-state index in [1.807, 2.05) is 0 Å². The minimum absolute atomic E-state index is 0.0535. The fraction of sp³-hybridized carbons (Fsp3) is 0.273. The molecule has 2 aromatic carbocycles. The molecule has 164 valence electrons. The monoisotopic (exact) mass is 447 g/mol. The molecule has 0 radical (unpaired) electrons. The zero-order chi connectivity index (χ0) is 23.1. The number of hydrogen-bond acceptors (Lipinski definition) is 5. The van der Waals surface area contributed by atoms with E-state index in [1.165, 1.54) is 24.3 Å². The average Bonchev–Trinajstić information content (AvgIpc) is 2.90. The Balaban J connectivity index is 1.29. The molecule has 3 aliphatic carbocycles. The van der Waals surface area contributed by atoms with Crippen molar-refractivity contribution in [2.75, 3.05) is 0 Å². The number of Topliss-reactive ketones (excluding diaryl/α,β-unsaturated/α-hetero) is 1. The minimum atomic E-state index is -4.00. The summed E-state index contributed by atoms with van der Waals surface area (Å²) in [6, 6.07) is 7.53. The van der Waals surface area contributed by atoms with E-state index in [4.69, 9.17) is 4.84 Å². The number of fused-ring (bicyclic) bond motifs is 1. The first-order valence-corrected chi connectivity index (χ1v) is 9.59. The minimum Gasteiger partial charge on any atom is -0.329 e. The molecule has 0 N–H and O–H groups in total. The van der Waals surface area contributed by atoms with Gasteiger partial charge >= 0.3 is 11.9 Å². The van der Waals surface area contributed by atoms with Gasteiger partial charge in [-0.3, -0.25) is 14.4 Å². The Morgan fingerprint density at radius 2 is 1.50 bits per heavy atom. The van der Waals surface area contributed by atoms with Gasteiger partial charge in [0.15, 0.2) is 0 Å². The summed E-state index contributed by atoms with van der Waals surface area (Å²) in [5.41, 5.74) is -4.06. The highest BCUT2D eigenvalue weighted by Crippen LogP contribution is 2.78. The van der Waals surface area contributed by atoms with E-state index in [9.17, 15) is 36.7 Å². The van der Waals surface area contributed by atoms with Gasteiger partial charge in [-0.2, -0.15) is 8.78 Å². The number of amides is 2. The number of carbonyl (C=O) groups is 4. The number of hydroxylamine groups is 2. The van der Waals surface area contributed by atoms with Gasteiger partial charge in [-0.15, -0.1) is 0 Å². The van der Waals surface area contributed by atoms with Crippen molar-refractivity contribution < 1.29 is 41.6 Å². The van der Waals surface area contributed by atoms with Crippen LogP contribution in [0.2, 0.25) is 0 Å². The summed E-state index contributed by atoms with van der Waals surface area (Å²) in [4.78, 5) is 54.5. The quantitative estimate of drug-likeness (QED) is 0.397. The zero-order valence-electron chi connectivity index (χ0n) is 16.2. The molecule has 32 heavy (non-hydrogen) atoms. The molecule has 0 saturated heterocycles. The van der Waals surface area contributed by atoms with Crippen LogP contribution in [-0.2, 0) is 9.63 Å². The maximum absolute atomic E-state index is 14.9. The van der Waals surface area contributed by atoms with Gasteiger partial charge in [-0.25, -0.2) is 13.6 Å². The topological polar surface area (TPSA) is 80.8 Å². The van der Waals surface area contributed by atoms with Crippen LogP contribution in [0.4, 0.5) is 17.6 Å². The second-order valence-electron chi connectivity index (χ2n) is 8.45. The summed E-state index contributed by atoms with van der Waals surface area (Å²) < 4.78 is 56.7. The molecule has 3 saturated carbocycles. The van der Waals surface area contributed by atoms with Crippen LogP contribution in [0.25, 0.3) is 0 Å². The third-order valence-corrected chi connectivity index (χ3v) is 6.52. The lowest BCUT2D eigenvalue weighted by Gasteiger charge is -2.69. The SMILES string of the molecule is O=C1c2ccccc2C(=O)N1OC(=O)C12CC(C(F)(F)C(=O)c3ccc(F)cc3F)(C1)C2. The molecule has 0 unspecified atom stereocenters. The molecule has 2 amide bonds. The van der Waals surface area contributed by atoms with Gasteiger partial charge in [-0.1, -0.05) is 17.2 Å². The molecule has 3 fully saturated rings. The first-order chi connectivity index (χ1) is 15.0. The van der Waals surface area contributed by atoms with Crippen molar-refractivity contribution in [1.29, 1.82) is 0 Å². The van der Waals surface area contributed by atoms with Crippen molar-refractivity contribution in [2.45, 2.75) is 25.2 Å². The number of hydrogen-bond donors (Lipinski definition) is 0. The van der Waals surface area contributed by atoms with Gasteiger partial charge in [0.05, 0.1) is 22.1 Å². The van der Waals surface area contributed by atoms with Gasteiger partial charge in [-0.05, 0) is 43.5 Å². The Morgan fingerprint density at radius 1 is 0.938 bits per heavy atom. The number of nitrogens with zero attached hydrogens (tertiary/aromatic N) is 1. The Kier molecular flexibility index (Phi) is 3.97. The van der Waals surface area contributed by atoms with Crippen molar-refractivity contribution in [3.8, 4) is 0 Å². The Labute approximate surface area is 177 Å². The molecule has 0 aromatic heterocycles. The molecule has 1 heterocycles. The van der Waals surface area contributed by atoms with Crippen molar-refractivity contribution in [3.05, 3.63) is 70.8 Å². The fourth-order valence-corrected chi connectivity index (χ4v) is 4.85. The molecule has 6 rings (SSSR count). The first-order valence-electron chi connectivity index (χ1n) is 9.59. The number of alkyl halides is 2. The highest BCUT2D eigenvalue weighted by Gasteiger charge is 2.82. The van der Waals surface area contributed by atoms with E-state index < -0.39 is 76.8 Å². The van der Waals surface area contributed by atoms with E-state index >= 15 is 0 Å². The molecular formula is C22H13F4NO5. The summed E-state index contributed by atoms with van der Waals surface area (Å²) in [5.74, 6) is -10.9. The highest BCUT2D eigenvalue weighted by atomic mass is 19.3. The third-order valence-electron chi connectivity index (χ3n) is 6.52. The van der Waals surface area contributed by atoms with Gasteiger partial charge in [0.1, 0.15) is 11.6 Å². The van der Waals surface area contributed by atoms with E-state index in [0.29, 0.717) is 23.3 Å². The Bertz CT molecular complexity index is 1190. The number of rotatable bonds is 5. The van der Waals surface area contributed by atoms with E-state index in [2.05, 4.69) is 0 Å². The summed E-state index contributed by atoms with van der Waals surface area (Å²) in [6.45, 7) is 0. The van der Waals surface area contributed by atoms with Crippen LogP contribution < -0.4 is 0 Å². The normalized spacial score (nSPS) is 25.7. The number of ketones is 1. The number of imide groups is 1. The van der Waals surface area contributed by atoms with E-state index in [1.54, 1.807) is 0 Å². The van der Waals surface area contributed by atoms with Crippen LogP contribution in [0.3, 0.4) is 0 Å². The summed E-state index contributed by atoms with van der Waals surface area (Å²) in [7, 11) is 0. The number of halogens is 4. The highest BCUT2D eigenvalue weighted by molar-refractivity contribution is 6.21. The second-order valence-corrected chi connectivity index (χ2v) is 8.45. The van der Waals surface area contributed by atoms with Crippen molar-refractivity contribution in [1.82, 2.24) is 5.06 Å². The second kappa shape index (κ2) is 6.24. The van der Waals surface area contributed by atoms with Crippen LogP contribution in [0.1, 0.15) is 50.3 Å². The molecular weight excluding hydrogens is 434 g/mol.